The van der Waals surface area contributed by atoms with Gasteiger partial charge < -0.3 is 19.5 Å². The second kappa shape index (κ2) is 7.74. The van der Waals surface area contributed by atoms with E-state index in [-0.39, 0.29) is 18.4 Å². The third-order valence-corrected chi connectivity index (χ3v) is 4.60. The normalized spacial score (nSPS) is 16.7. The average Bonchev–Trinajstić information content (AvgIpc) is 3.25. The summed E-state index contributed by atoms with van der Waals surface area (Å²) < 4.78 is 12.5. The fourth-order valence-corrected chi connectivity index (χ4v) is 2.98. The van der Waals surface area contributed by atoms with E-state index >= 15 is 0 Å². The molecule has 3 heterocycles. The third kappa shape index (κ3) is 3.96. The lowest BCUT2D eigenvalue weighted by atomic mass is 10.1. The van der Waals surface area contributed by atoms with E-state index in [1.54, 1.807) is 48.9 Å². The van der Waals surface area contributed by atoms with Crippen LogP contribution in [0.3, 0.4) is 0 Å². The van der Waals surface area contributed by atoms with Gasteiger partial charge in [0.25, 0.3) is 0 Å². The Morgan fingerprint density at radius 2 is 2.31 bits per heavy atom. The number of hydrogen-bond donors (Lipinski definition) is 1. The molecule has 3 rings (SSSR count). The number of hydrogen-bond acceptors (Lipinski definition) is 6. The summed E-state index contributed by atoms with van der Waals surface area (Å²) in [4.78, 5) is 18.2. The number of aryl methyl sites for hydroxylation is 2. The van der Waals surface area contributed by atoms with Crippen LogP contribution < -0.4 is 0 Å². The molecule has 0 saturated carbocycles. The second-order valence-electron chi connectivity index (χ2n) is 6.59. The molecular formula is C18H24N4O4. The van der Waals surface area contributed by atoms with Gasteiger partial charge in [0, 0.05) is 38.7 Å². The van der Waals surface area contributed by atoms with E-state index in [4.69, 9.17) is 9.47 Å². The summed E-state index contributed by atoms with van der Waals surface area (Å²) in [6.07, 6.45) is 2.27. The van der Waals surface area contributed by atoms with E-state index in [1.807, 2.05) is 0 Å². The topological polar surface area (TPSA) is 89.7 Å². The van der Waals surface area contributed by atoms with Crippen LogP contribution >= 0.6 is 0 Å². The molecule has 1 fully saturated rings. The largest absolute Gasteiger partial charge is 0.506 e. The number of carbonyl (C=O) groups is 1. The van der Waals surface area contributed by atoms with E-state index in [1.165, 1.54) is 0 Å². The highest BCUT2D eigenvalue weighted by molar-refractivity contribution is 5.68. The molecule has 1 saturated heterocycles. The van der Waals surface area contributed by atoms with Gasteiger partial charge in [-0.3, -0.25) is 4.68 Å². The first-order chi connectivity index (χ1) is 12.5. The van der Waals surface area contributed by atoms with Crippen molar-refractivity contribution in [1.82, 2.24) is 19.7 Å². The fraction of sp³-hybridized carbons (Fsp3) is 0.500. The maximum Gasteiger partial charge on any atom is 0.409 e. The summed E-state index contributed by atoms with van der Waals surface area (Å²) in [6, 6.07) is 3.31. The maximum absolute atomic E-state index is 12.3. The Balaban J connectivity index is 1.67. The SMILES string of the molecule is Cc1nc(-c2cnn(C)c2COC(=O)N(C)CC2CCOC2)ccc1O. The number of ether oxygens (including phenoxy) is 2. The molecule has 0 aliphatic carbocycles. The van der Waals surface area contributed by atoms with Crippen LogP contribution in [0.4, 0.5) is 4.79 Å². The number of nitrogens with zero attached hydrogens (tertiary/aromatic N) is 4. The van der Waals surface area contributed by atoms with Crippen LogP contribution in [-0.2, 0) is 23.1 Å². The Morgan fingerprint density at radius 1 is 1.50 bits per heavy atom. The third-order valence-electron chi connectivity index (χ3n) is 4.60. The minimum Gasteiger partial charge on any atom is -0.506 e. The monoisotopic (exact) mass is 360 g/mol. The molecule has 140 valence electrons. The average molecular weight is 360 g/mol. The lowest BCUT2D eigenvalue weighted by Gasteiger charge is -2.20. The molecule has 1 aliphatic rings. The molecule has 1 atom stereocenters. The molecule has 2 aromatic heterocycles. The fourth-order valence-electron chi connectivity index (χ4n) is 2.98. The van der Waals surface area contributed by atoms with E-state index < -0.39 is 0 Å². The van der Waals surface area contributed by atoms with Crippen LogP contribution in [0.1, 0.15) is 17.8 Å². The Bertz CT molecular complexity index is 783. The number of amides is 1. The van der Waals surface area contributed by atoms with Crippen LogP contribution in [0.25, 0.3) is 11.3 Å². The van der Waals surface area contributed by atoms with Crippen LogP contribution in [0.2, 0.25) is 0 Å². The van der Waals surface area contributed by atoms with Gasteiger partial charge in [-0.1, -0.05) is 0 Å². The molecule has 0 aromatic carbocycles. The molecule has 1 aliphatic heterocycles. The van der Waals surface area contributed by atoms with Gasteiger partial charge in [0.15, 0.2) is 0 Å². The van der Waals surface area contributed by atoms with Gasteiger partial charge in [-0.2, -0.15) is 5.10 Å². The molecular weight excluding hydrogens is 336 g/mol. The molecule has 26 heavy (non-hydrogen) atoms. The molecule has 0 radical (unpaired) electrons. The van der Waals surface area contributed by atoms with Gasteiger partial charge in [0.1, 0.15) is 12.4 Å². The highest BCUT2D eigenvalue weighted by atomic mass is 16.6. The predicted octanol–water partition coefficient (Wildman–Crippen LogP) is 2.10. The summed E-state index contributed by atoms with van der Waals surface area (Å²) in [5.41, 5.74) is 2.73. The van der Waals surface area contributed by atoms with Gasteiger partial charge in [0.05, 0.1) is 29.9 Å². The van der Waals surface area contributed by atoms with Crippen molar-refractivity contribution in [2.75, 3.05) is 26.8 Å². The molecule has 0 bridgehead atoms. The Hall–Kier alpha value is -2.61. The van der Waals surface area contributed by atoms with Gasteiger partial charge in [-0.05, 0) is 25.5 Å². The van der Waals surface area contributed by atoms with Crippen molar-refractivity contribution in [3.63, 3.8) is 0 Å². The molecule has 1 unspecified atom stereocenters. The van der Waals surface area contributed by atoms with Gasteiger partial charge in [-0.25, -0.2) is 9.78 Å². The van der Waals surface area contributed by atoms with Gasteiger partial charge in [0.2, 0.25) is 0 Å². The lowest BCUT2D eigenvalue weighted by molar-refractivity contribution is 0.0956. The first-order valence-electron chi connectivity index (χ1n) is 8.59. The first-order valence-corrected chi connectivity index (χ1v) is 8.59. The maximum atomic E-state index is 12.3. The van der Waals surface area contributed by atoms with Crippen molar-refractivity contribution in [3.05, 3.63) is 29.7 Å². The van der Waals surface area contributed by atoms with Crippen LogP contribution in [0.5, 0.6) is 5.75 Å². The van der Waals surface area contributed by atoms with Crippen LogP contribution in [0, 0.1) is 12.8 Å². The van der Waals surface area contributed by atoms with Crippen molar-refractivity contribution in [2.45, 2.75) is 20.0 Å². The predicted molar refractivity (Wildman–Crippen MR) is 94.6 cm³/mol. The standard InChI is InChI=1S/C18H24N4O4/c1-12-17(23)5-4-15(20-12)14-8-19-22(3)16(14)11-26-18(24)21(2)9-13-6-7-25-10-13/h4-5,8,13,23H,6-7,9-11H2,1-3H3. The summed E-state index contributed by atoms with van der Waals surface area (Å²) in [6.45, 7) is 3.89. The summed E-state index contributed by atoms with van der Waals surface area (Å²) in [5.74, 6) is 0.507. The molecule has 8 nitrogen and oxygen atoms in total. The first kappa shape index (κ1) is 18.2. The minimum atomic E-state index is -0.376. The van der Waals surface area contributed by atoms with E-state index in [0.29, 0.717) is 30.5 Å². The molecule has 1 amide bonds. The second-order valence-corrected chi connectivity index (χ2v) is 6.59. The number of rotatable bonds is 5. The number of aromatic nitrogens is 3. The summed E-state index contributed by atoms with van der Waals surface area (Å²) >= 11 is 0. The lowest BCUT2D eigenvalue weighted by Crippen LogP contribution is -2.32. The smallest absolute Gasteiger partial charge is 0.409 e. The highest BCUT2D eigenvalue weighted by Gasteiger charge is 2.22. The minimum absolute atomic E-state index is 0.0950. The number of pyridine rings is 1. The van der Waals surface area contributed by atoms with Crippen LogP contribution in [0.15, 0.2) is 18.3 Å². The van der Waals surface area contributed by atoms with E-state index in [9.17, 15) is 9.90 Å². The summed E-state index contributed by atoms with van der Waals surface area (Å²) in [7, 11) is 3.52. The van der Waals surface area contributed by atoms with Crippen molar-refractivity contribution < 1.29 is 19.4 Å². The van der Waals surface area contributed by atoms with Gasteiger partial charge >= 0.3 is 6.09 Å². The van der Waals surface area contributed by atoms with Crippen molar-refractivity contribution in [2.24, 2.45) is 13.0 Å². The van der Waals surface area contributed by atoms with E-state index in [0.717, 1.165) is 24.3 Å². The number of aromatic hydroxyl groups is 1. The molecule has 8 heteroatoms. The van der Waals surface area contributed by atoms with Gasteiger partial charge in [-0.15, -0.1) is 0 Å². The Kier molecular flexibility index (Phi) is 5.41. The Labute approximate surface area is 152 Å². The number of carbonyl (C=O) groups excluding carboxylic acids is 1. The van der Waals surface area contributed by atoms with Crippen LogP contribution in [-0.4, -0.2) is 57.7 Å². The molecule has 0 spiro atoms. The zero-order valence-corrected chi connectivity index (χ0v) is 15.3. The quantitative estimate of drug-likeness (QED) is 0.878. The Morgan fingerprint density at radius 3 is 3.00 bits per heavy atom. The van der Waals surface area contributed by atoms with Crippen molar-refractivity contribution >= 4 is 6.09 Å². The van der Waals surface area contributed by atoms with Crippen molar-refractivity contribution in [1.29, 1.82) is 0 Å². The zero-order chi connectivity index (χ0) is 18.7. The summed E-state index contributed by atoms with van der Waals surface area (Å²) in [5, 5.41) is 13.9. The van der Waals surface area contributed by atoms with E-state index in [2.05, 4.69) is 10.1 Å². The highest BCUT2D eigenvalue weighted by Crippen LogP contribution is 2.25. The molecule has 1 N–H and O–H groups in total. The van der Waals surface area contributed by atoms with Crippen molar-refractivity contribution in [3.8, 4) is 17.0 Å². The molecule has 2 aromatic rings. The zero-order valence-electron chi connectivity index (χ0n) is 15.3.